The van der Waals surface area contributed by atoms with Gasteiger partial charge in [0, 0.05) is 25.1 Å². The fourth-order valence-corrected chi connectivity index (χ4v) is 3.81. The van der Waals surface area contributed by atoms with Crippen LogP contribution in [-0.4, -0.2) is 26.3 Å². The third-order valence-electron chi connectivity index (χ3n) is 4.81. The second-order valence-electron chi connectivity index (χ2n) is 6.77. The minimum atomic E-state index is 0.187. The molecule has 0 radical (unpaired) electrons. The quantitative estimate of drug-likeness (QED) is 0.665. The first-order valence-electron chi connectivity index (χ1n) is 8.17. The van der Waals surface area contributed by atoms with Crippen molar-refractivity contribution in [3.8, 4) is 0 Å². The zero-order valence-corrected chi connectivity index (χ0v) is 15.3. The van der Waals surface area contributed by atoms with E-state index in [9.17, 15) is 0 Å². The monoisotopic (exact) mass is 343 g/mol. The highest BCUT2D eigenvalue weighted by Gasteiger charge is 2.45. The number of halogens is 2. The van der Waals surface area contributed by atoms with Crippen molar-refractivity contribution in [2.24, 2.45) is 5.92 Å². The van der Waals surface area contributed by atoms with E-state index in [-0.39, 0.29) is 5.41 Å². The van der Waals surface area contributed by atoms with E-state index in [0.717, 1.165) is 19.6 Å². The lowest BCUT2D eigenvalue weighted by molar-refractivity contribution is 0.135. The van der Waals surface area contributed by atoms with E-state index in [1.807, 2.05) is 6.07 Å². The van der Waals surface area contributed by atoms with Crippen molar-refractivity contribution >= 4 is 23.2 Å². The maximum atomic E-state index is 6.27. The molecule has 0 spiro atoms. The summed E-state index contributed by atoms with van der Waals surface area (Å²) in [7, 11) is 1.75. The fraction of sp³-hybridized carbons (Fsp3) is 0.667. The van der Waals surface area contributed by atoms with E-state index in [1.165, 1.54) is 24.8 Å². The summed E-state index contributed by atoms with van der Waals surface area (Å²) in [5.41, 5.74) is 1.51. The molecule has 0 amide bonds. The molecule has 1 fully saturated rings. The summed E-state index contributed by atoms with van der Waals surface area (Å²) in [6, 6.07) is 6.60. The van der Waals surface area contributed by atoms with Crippen LogP contribution in [0.4, 0.5) is 0 Å². The average molecular weight is 344 g/mol. The topological polar surface area (TPSA) is 21.3 Å². The molecule has 124 valence electrons. The van der Waals surface area contributed by atoms with Gasteiger partial charge < -0.3 is 10.1 Å². The maximum Gasteiger partial charge on any atom is 0.0595 e. The van der Waals surface area contributed by atoms with Gasteiger partial charge in [-0.2, -0.15) is 0 Å². The van der Waals surface area contributed by atoms with Gasteiger partial charge >= 0.3 is 0 Å². The molecule has 2 rings (SSSR count). The second-order valence-corrected chi connectivity index (χ2v) is 7.58. The second kappa shape index (κ2) is 8.01. The van der Waals surface area contributed by atoms with Gasteiger partial charge in [0.1, 0.15) is 0 Å². The van der Waals surface area contributed by atoms with Crippen LogP contribution in [0.15, 0.2) is 18.2 Å². The van der Waals surface area contributed by atoms with Crippen molar-refractivity contribution in [2.45, 2.75) is 51.0 Å². The Hall–Kier alpha value is -0.280. The van der Waals surface area contributed by atoms with Crippen LogP contribution >= 0.6 is 23.2 Å². The van der Waals surface area contributed by atoms with Gasteiger partial charge in [-0.1, -0.05) is 49.5 Å². The maximum absolute atomic E-state index is 6.27. The molecule has 1 aliphatic rings. The molecule has 22 heavy (non-hydrogen) atoms. The van der Waals surface area contributed by atoms with Gasteiger partial charge in [0.2, 0.25) is 0 Å². The van der Waals surface area contributed by atoms with E-state index in [1.54, 1.807) is 7.11 Å². The molecular formula is C18H27Cl2NO. The first-order chi connectivity index (χ1) is 10.5. The first-order valence-corrected chi connectivity index (χ1v) is 8.93. The van der Waals surface area contributed by atoms with Gasteiger partial charge in [0.15, 0.2) is 0 Å². The average Bonchev–Trinajstić information content (AvgIpc) is 2.41. The molecule has 1 aromatic rings. The van der Waals surface area contributed by atoms with Crippen LogP contribution in [0, 0.1) is 5.92 Å². The van der Waals surface area contributed by atoms with Crippen LogP contribution in [0.3, 0.4) is 0 Å². The molecular weight excluding hydrogens is 317 g/mol. The lowest BCUT2D eigenvalue weighted by Gasteiger charge is -2.49. The number of ether oxygens (including phenoxy) is 1. The molecule has 0 unspecified atom stereocenters. The highest BCUT2D eigenvalue weighted by molar-refractivity contribution is 6.42. The fourth-order valence-electron chi connectivity index (χ4n) is 3.51. The van der Waals surface area contributed by atoms with E-state index in [0.29, 0.717) is 22.0 Å². The lowest BCUT2D eigenvalue weighted by Crippen LogP contribution is -2.54. The zero-order chi connectivity index (χ0) is 16.2. The van der Waals surface area contributed by atoms with Crippen molar-refractivity contribution in [3.63, 3.8) is 0 Å². The van der Waals surface area contributed by atoms with E-state index in [2.05, 4.69) is 31.3 Å². The number of hydrogen-bond donors (Lipinski definition) is 1. The van der Waals surface area contributed by atoms with Crippen molar-refractivity contribution in [3.05, 3.63) is 33.8 Å². The van der Waals surface area contributed by atoms with Crippen LogP contribution in [-0.2, 0) is 10.2 Å². The highest BCUT2D eigenvalue weighted by atomic mass is 35.5. The Balaban J connectivity index is 2.24. The smallest absolute Gasteiger partial charge is 0.0595 e. The largest absolute Gasteiger partial charge is 0.383 e. The van der Waals surface area contributed by atoms with Crippen LogP contribution in [0.5, 0.6) is 0 Å². The summed E-state index contributed by atoms with van der Waals surface area (Å²) in [4.78, 5) is 0. The Morgan fingerprint density at radius 2 is 1.95 bits per heavy atom. The summed E-state index contributed by atoms with van der Waals surface area (Å²) >= 11 is 12.4. The molecule has 4 heteroatoms. The van der Waals surface area contributed by atoms with Gasteiger partial charge in [-0.15, -0.1) is 0 Å². The number of nitrogens with one attached hydrogen (secondary N) is 1. The number of rotatable bonds is 8. The summed E-state index contributed by atoms with van der Waals surface area (Å²) in [6.07, 6.45) is 4.86. The number of hydrogen-bond acceptors (Lipinski definition) is 2. The standard InChI is InChI=1S/C18H27Cl2NO/c1-13(2)11-17(21-9-10-22-3)18(7-4-8-18)14-5-6-15(19)16(20)12-14/h5-6,12-13,17,21H,4,7-11H2,1-3H3/t17-/m0/s1. The third-order valence-corrected chi connectivity index (χ3v) is 5.55. The van der Waals surface area contributed by atoms with E-state index >= 15 is 0 Å². The van der Waals surface area contributed by atoms with E-state index < -0.39 is 0 Å². The van der Waals surface area contributed by atoms with Crippen LogP contribution in [0.2, 0.25) is 10.0 Å². The minimum absolute atomic E-state index is 0.187. The zero-order valence-electron chi connectivity index (χ0n) is 13.8. The summed E-state index contributed by atoms with van der Waals surface area (Å²) in [5, 5.41) is 5.02. The Bertz CT molecular complexity index is 486. The predicted octanol–water partition coefficient (Wildman–Crippen LogP) is 5.07. The molecule has 0 bridgehead atoms. The molecule has 1 aliphatic carbocycles. The van der Waals surface area contributed by atoms with Crippen molar-refractivity contribution in [2.75, 3.05) is 20.3 Å². The van der Waals surface area contributed by atoms with Crippen molar-refractivity contribution in [1.82, 2.24) is 5.32 Å². The molecule has 1 saturated carbocycles. The van der Waals surface area contributed by atoms with Crippen LogP contribution < -0.4 is 5.32 Å². The minimum Gasteiger partial charge on any atom is -0.383 e. The van der Waals surface area contributed by atoms with Crippen LogP contribution in [0.1, 0.15) is 45.1 Å². The molecule has 2 nitrogen and oxygen atoms in total. The third kappa shape index (κ3) is 3.97. The van der Waals surface area contributed by atoms with Gasteiger partial charge in [-0.05, 0) is 42.9 Å². The Morgan fingerprint density at radius 3 is 2.45 bits per heavy atom. The molecule has 0 aromatic heterocycles. The molecule has 0 heterocycles. The van der Waals surface area contributed by atoms with Gasteiger partial charge in [-0.3, -0.25) is 0 Å². The number of methoxy groups -OCH3 is 1. The van der Waals surface area contributed by atoms with Crippen molar-refractivity contribution in [1.29, 1.82) is 0 Å². The molecule has 0 aliphatic heterocycles. The molecule has 1 aromatic carbocycles. The summed E-state index contributed by atoms with van der Waals surface area (Å²) < 4.78 is 5.20. The Labute approximate surface area is 144 Å². The van der Waals surface area contributed by atoms with Crippen LogP contribution in [0.25, 0.3) is 0 Å². The highest BCUT2D eigenvalue weighted by Crippen LogP contribution is 2.48. The molecule has 1 N–H and O–H groups in total. The molecule has 0 saturated heterocycles. The Kier molecular flexibility index (Phi) is 6.58. The summed E-state index contributed by atoms with van der Waals surface area (Å²) in [6.45, 7) is 6.20. The summed E-state index contributed by atoms with van der Waals surface area (Å²) in [5.74, 6) is 0.653. The molecule has 1 atom stereocenters. The predicted molar refractivity (Wildman–Crippen MR) is 95.1 cm³/mol. The van der Waals surface area contributed by atoms with Gasteiger partial charge in [-0.25, -0.2) is 0 Å². The van der Waals surface area contributed by atoms with Crippen molar-refractivity contribution < 1.29 is 4.74 Å². The number of benzene rings is 1. The normalized spacial score (nSPS) is 18.3. The SMILES string of the molecule is COCCN[C@@H](CC(C)C)C1(c2ccc(Cl)c(Cl)c2)CCC1. The van der Waals surface area contributed by atoms with Gasteiger partial charge in [0.05, 0.1) is 16.7 Å². The van der Waals surface area contributed by atoms with Gasteiger partial charge in [0.25, 0.3) is 0 Å². The Morgan fingerprint density at radius 1 is 1.23 bits per heavy atom. The van der Waals surface area contributed by atoms with E-state index in [4.69, 9.17) is 27.9 Å². The lowest BCUT2D eigenvalue weighted by atomic mass is 9.59. The first kappa shape index (κ1) is 18.1.